The molecule has 0 N–H and O–H groups in total. The first-order valence-electron chi connectivity index (χ1n) is 11.3. The van der Waals surface area contributed by atoms with Gasteiger partial charge in [0.25, 0.3) is 5.91 Å². The van der Waals surface area contributed by atoms with Crippen molar-refractivity contribution in [3.63, 3.8) is 0 Å². The lowest BCUT2D eigenvalue weighted by molar-refractivity contribution is 0.0645. The Labute approximate surface area is 169 Å². The molecule has 1 aromatic rings. The number of piperidine rings is 1. The number of carbonyl (C=O) groups excluding carboxylic acids is 1. The number of amides is 1. The van der Waals surface area contributed by atoms with E-state index in [4.69, 9.17) is 9.15 Å². The third kappa shape index (κ3) is 4.62. The minimum Gasteiger partial charge on any atom is -0.453 e. The summed E-state index contributed by atoms with van der Waals surface area (Å²) in [5, 5.41) is 0. The molecule has 5 heteroatoms. The Hall–Kier alpha value is -1.33. The fourth-order valence-corrected chi connectivity index (χ4v) is 5.65. The number of rotatable bonds is 6. The van der Waals surface area contributed by atoms with Gasteiger partial charge in [0.2, 0.25) is 0 Å². The van der Waals surface area contributed by atoms with Gasteiger partial charge in [0.15, 0.2) is 5.76 Å². The fourth-order valence-electron chi connectivity index (χ4n) is 5.65. The van der Waals surface area contributed by atoms with E-state index >= 15 is 0 Å². The van der Waals surface area contributed by atoms with Crippen LogP contribution in [0.1, 0.15) is 74.1 Å². The van der Waals surface area contributed by atoms with Gasteiger partial charge in [0, 0.05) is 32.2 Å². The van der Waals surface area contributed by atoms with E-state index in [1.54, 1.807) is 13.2 Å². The van der Waals surface area contributed by atoms with Crippen LogP contribution >= 0.6 is 0 Å². The maximum Gasteiger partial charge on any atom is 0.289 e. The molecule has 3 fully saturated rings. The van der Waals surface area contributed by atoms with E-state index in [9.17, 15) is 4.79 Å². The monoisotopic (exact) mass is 388 g/mol. The molecule has 0 radical (unpaired) electrons. The summed E-state index contributed by atoms with van der Waals surface area (Å²) in [5.74, 6) is 2.16. The van der Waals surface area contributed by atoms with Gasteiger partial charge >= 0.3 is 0 Å². The van der Waals surface area contributed by atoms with Gasteiger partial charge in [-0.25, -0.2) is 0 Å². The lowest BCUT2D eigenvalue weighted by Gasteiger charge is -2.41. The van der Waals surface area contributed by atoms with E-state index < -0.39 is 0 Å². The molecule has 2 aliphatic heterocycles. The Morgan fingerprint density at radius 2 is 2.00 bits per heavy atom. The van der Waals surface area contributed by atoms with Crippen LogP contribution in [-0.2, 0) is 11.3 Å². The molecule has 5 nitrogen and oxygen atoms in total. The lowest BCUT2D eigenvalue weighted by Crippen LogP contribution is -2.45. The standard InChI is InChI=1S/C23H36N2O3/c1-27-16-20-8-9-21(28-20)22(26)25-15-12-23(18-25)11-5-13-24(17-23)14-10-19-6-3-2-4-7-19/h8-9,19H,2-7,10-18H2,1H3. The van der Waals surface area contributed by atoms with Crippen molar-refractivity contribution in [2.75, 3.05) is 39.8 Å². The predicted octanol–water partition coefficient (Wildman–Crippen LogP) is 4.32. The van der Waals surface area contributed by atoms with Crippen LogP contribution in [-0.4, -0.2) is 55.5 Å². The highest BCUT2D eigenvalue weighted by Gasteiger charge is 2.43. The minimum absolute atomic E-state index is 0.0403. The summed E-state index contributed by atoms with van der Waals surface area (Å²) < 4.78 is 10.8. The zero-order valence-corrected chi connectivity index (χ0v) is 17.5. The average molecular weight is 389 g/mol. The summed E-state index contributed by atoms with van der Waals surface area (Å²) in [6.45, 7) is 5.80. The highest BCUT2D eigenvalue weighted by Crippen LogP contribution is 2.40. The predicted molar refractivity (Wildman–Crippen MR) is 109 cm³/mol. The SMILES string of the molecule is COCc1ccc(C(=O)N2CCC3(CCCN(CCC4CCCCC4)C3)C2)o1. The number of methoxy groups -OCH3 is 1. The zero-order chi connectivity index (χ0) is 19.4. The van der Waals surface area contributed by atoms with Crippen LogP contribution in [0.2, 0.25) is 0 Å². The molecular weight excluding hydrogens is 352 g/mol. The number of likely N-dealkylation sites (tertiary alicyclic amines) is 2. The molecule has 28 heavy (non-hydrogen) atoms. The molecule has 1 aliphatic carbocycles. The lowest BCUT2D eigenvalue weighted by atomic mass is 9.79. The van der Waals surface area contributed by atoms with Crippen LogP contribution < -0.4 is 0 Å². The molecule has 1 spiro atoms. The second-order valence-electron chi connectivity index (χ2n) is 9.35. The van der Waals surface area contributed by atoms with Crippen molar-refractivity contribution in [2.45, 2.75) is 64.4 Å². The second-order valence-corrected chi connectivity index (χ2v) is 9.35. The first kappa shape index (κ1) is 20.0. The van der Waals surface area contributed by atoms with Crippen molar-refractivity contribution in [1.29, 1.82) is 0 Å². The van der Waals surface area contributed by atoms with E-state index in [2.05, 4.69) is 4.90 Å². The summed E-state index contributed by atoms with van der Waals surface area (Å²) in [6, 6.07) is 3.63. The maximum absolute atomic E-state index is 12.9. The van der Waals surface area contributed by atoms with Gasteiger partial charge in [-0.3, -0.25) is 4.79 Å². The summed E-state index contributed by atoms with van der Waals surface area (Å²) >= 11 is 0. The summed E-state index contributed by atoms with van der Waals surface area (Å²) in [7, 11) is 1.64. The molecule has 0 bridgehead atoms. The normalized spacial score (nSPS) is 27.0. The minimum atomic E-state index is 0.0403. The Morgan fingerprint density at radius 3 is 2.82 bits per heavy atom. The maximum atomic E-state index is 12.9. The van der Waals surface area contributed by atoms with Gasteiger partial charge in [0.05, 0.1) is 0 Å². The van der Waals surface area contributed by atoms with Crippen molar-refractivity contribution < 1.29 is 13.9 Å². The molecule has 1 amide bonds. The van der Waals surface area contributed by atoms with Gasteiger partial charge in [-0.05, 0) is 56.8 Å². The molecule has 2 saturated heterocycles. The number of nitrogens with zero attached hydrogens (tertiary/aromatic N) is 2. The highest BCUT2D eigenvalue weighted by atomic mass is 16.5. The van der Waals surface area contributed by atoms with Crippen molar-refractivity contribution >= 4 is 5.91 Å². The number of carbonyl (C=O) groups is 1. The molecule has 1 aromatic heterocycles. The summed E-state index contributed by atoms with van der Waals surface area (Å²) in [5.41, 5.74) is 0.294. The van der Waals surface area contributed by atoms with Gasteiger partial charge in [-0.2, -0.15) is 0 Å². The van der Waals surface area contributed by atoms with Crippen LogP contribution in [0.4, 0.5) is 0 Å². The quantitative estimate of drug-likeness (QED) is 0.728. The number of hydrogen-bond donors (Lipinski definition) is 0. The van der Waals surface area contributed by atoms with Crippen LogP contribution in [0.3, 0.4) is 0 Å². The zero-order valence-electron chi connectivity index (χ0n) is 17.5. The summed E-state index contributed by atoms with van der Waals surface area (Å²) in [6.07, 6.45) is 12.2. The van der Waals surface area contributed by atoms with Crippen LogP contribution in [0.25, 0.3) is 0 Å². The molecule has 3 heterocycles. The first-order valence-corrected chi connectivity index (χ1v) is 11.3. The van der Waals surface area contributed by atoms with Gasteiger partial charge < -0.3 is 19.0 Å². The third-order valence-corrected chi connectivity index (χ3v) is 7.20. The van der Waals surface area contributed by atoms with E-state index in [-0.39, 0.29) is 5.91 Å². The molecule has 3 aliphatic rings. The Bertz CT molecular complexity index is 652. The van der Waals surface area contributed by atoms with Gasteiger partial charge in [0.1, 0.15) is 12.4 Å². The van der Waals surface area contributed by atoms with E-state index in [0.29, 0.717) is 23.5 Å². The summed E-state index contributed by atoms with van der Waals surface area (Å²) in [4.78, 5) is 17.6. The number of hydrogen-bond acceptors (Lipinski definition) is 4. The van der Waals surface area contributed by atoms with Crippen LogP contribution in [0.5, 0.6) is 0 Å². The Kier molecular flexibility index (Phi) is 6.42. The molecule has 1 saturated carbocycles. The molecule has 1 unspecified atom stereocenters. The van der Waals surface area contributed by atoms with Crippen molar-refractivity contribution in [2.24, 2.45) is 11.3 Å². The van der Waals surface area contributed by atoms with E-state index in [1.165, 1.54) is 64.5 Å². The second kappa shape index (κ2) is 9.00. The van der Waals surface area contributed by atoms with E-state index in [1.807, 2.05) is 11.0 Å². The first-order chi connectivity index (χ1) is 13.7. The highest BCUT2D eigenvalue weighted by molar-refractivity contribution is 5.91. The topological polar surface area (TPSA) is 45.9 Å². The van der Waals surface area contributed by atoms with Gasteiger partial charge in [-0.15, -0.1) is 0 Å². The third-order valence-electron chi connectivity index (χ3n) is 7.20. The van der Waals surface area contributed by atoms with Crippen molar-refractivity contribution in [1.82, 2.24) is 9.80 Å². The molecule has 4 rings (SSSR count). The van der Waals surface area contributed by atoms with E-state index in [0.717, 1.165) is 32.0 Å². The molecule has 156 valence electrons. The average Bonchev–Trinajstić information content (AvgIpc) is 3.35. The fraction of sp³-hybridized carbons (Fsp3) is 0.783. The van der Waals surface area contributed by atoms with Crippen molar-refractivity contribution in [3.8, 4) is 0 Å². The van der Waals surface area contributed by atoms with Crippen LogP contribution in [0, 0.1) is 11.3 Å². The van der Waals surface area contributed by atoms with Crippen molar-refractivity contribution in [3.05, 3.63) is 23.7 Å². The Morgan fingerprint density at radius 1 is 1.14 bits per heavy atom. The Balaban J connectivity index is 1.30. The smallest absolute Gasteiger partial charge is 0.289 e. The van der Waals surface area contributed by atoms with Crippen LogP contribution in [0.15, 0.2) is 16.5 Å². The molecule has 0 aromatic carbocycles. The molecular formula is C23H36N2O3. The molecule has 1 atom stereocenters. The number of furan rings is 1. The largest absolute Gasteiger partial charge is 0.453 e. The van der Waals surface area contributed by atoms with Gasteiger partial charge in [-0.1, -0.05) is 32.1 Å². The number of ether oxygens (including phenoxy) is 1.